The molecular weight excluding hydrogens is 342 g/mol. The van der Waals surface area contributed by atoms with Gasteiger partial charge >= 0.3 is 0 Å². The summed E-state index contributed by atoms with van der Waals surface area (Å²) in [4.78, 5) is 2.26. The maximum atomic E-state index is 11.5. The average molecular weight is 369 g/mol. The van der Waals surface area contributed by atoms with Crippen LogP contribution < -0.4 is 9.47 Å². The maximum Gasteiger partial charge on any atom is 0.129 e. The topological polar surface area (TPSA) is 62.2 Å². The van der Waals surface area contributed by atoms with Crippen molar-refractivity contribution in [1.82, 2.24) is 4.90 Å². The van der Waals surface area contributed by atoms with Crippen molar-refractivity contribution in [3.63, 3.8) is 0 Å². The second-order valence-electron chi connectivity index (χ2n) is 7.43. The highest BCUT2D eigenvalue weighted by molar-refractivity contribution is 5.49. The van der Waals surface area contributed by atoms with Crippen LogP contribution in [0.2, 0.25) is 0 Å². The molecule has 2 aromatic rings. The Balaban J connectivity index is 1.77. The quantitative estimate of drug-likeness (QED) is 0.867. The molecule has 0 amide bonds. The largest absolute Gasteiger partial charge is 0.496 e. The average Bonchev–Trinajstić information content (AvgIpc) is 2.73. The Kier molecular flexibility index (Phi) is 5.08. The summed E-state index contributed by atoms with van der Waals surface area (Å²) in [5.74, 6) is 1.32. The van der Waals surface area contributed by atoms with Gasteiger partial charge in [-0.2, -0.15) is 0 Å². The molecule has 0 bridgehead atoms. The highest BCUT2D eigenvalue weighted by Crippen LogP contribution is 2.50. The van der Waals surface area contributed by atoms with Crippen molar-refractivity contribution in [2.75, 3.05) is 26.9 Å². The Hall–Kier alpha value is -2.08. The van der Waals surface area contributed by atoms with Crippen LogP contribution in [0, 0.1) is 0 Å². The summed E-state index contributed by atoms with van der Waals surface area (Å²) in [6, 6.07) is 15.5. The molecule has 2 aromatic carbocycles. The summed E-state index contributed by atoms with van der Waals surface area (Å²) in [5, 5.41) is 21.8. The molecule has 3 atom stereocenters. The van der Waals surface area contributed by atoms with Gasteiger partial charge in [-0.05, 0) is 37.1 Å². The third-order valence-corrected chi connectivity index (χ3v) is 6.07. The first-order valence-electron chi connectivity index (χ1n) is 9.61. The Morgan fingerprint density at radius 1 is 1.19 bits per heavy atom. The number of piperidine rings is 1. The molecular formula is C22H27NO4. The van der Waals surface area contributed by atoms with E-state index in [9.17, 15) is 10.2 Å². The number of benzene rings is 2. The summed E-state index contributed by atoms with van der Waals surface area (Å²) in [6.45, 7) is 1.21. The minimum absolute atomic E-state index is 0.00271. The van der Waals surface area contributed by atoms with Crippen molar-refractivity contribution in [2.45, 2.75) is 36.9 Å². The predicted octanol–water partition coefficient (Wildman–Crippen LogP) is 3.08. The van der Waals surface area contributed by atoms with Crippen LogP contribution in [0.5, 0.6) is 11.5 Å². The Bertz CT molecular complexity index is 767. The fraction of sp³-hybridized carbons (Fsp3) is 0.455. The van der Waals surface area contributed by atoms with Gasteiger partial charge in [-0.1, -0.05) is 42.8 Å². The van der Waals surface area contributed by atoms with E-state index in [4.69, 9.17) is 9.47 Å². The first-order valence-corrected chi connectivity index (χ1v) is 9.61. The van der Waals surface area contributed by atoms with Gasteiger partial charge in [-0.15, -0.1) is 0 Å². The third kappa shape index (κ3) is 3.00. The molecule has 2 aliphatic heterocycles. The number of hydrogen-bond acceptors (Lipinski definition) is 5. The molecule has 4 rings (SSSR count). The summed E-state index contributed by atoms with van der Waals surface area (Å²) in [6.07, 6.45) is 2.13. The smallest absolute Gasteiger partial charge is 0.129 e. The van der Waals surface area contributed by atoms with Crippen molar-refractivity contribution in [2.24, 2.45) is 0 Å². The second kappa shape index (κ2) is 7.50. The van der Waals surface area contributed by atoms with Gasteiger partial charge in [0.2, 0.25) is 0 Å². The van der Waals surface area contributed by atoms with E-state index in [1.807, 2.05) is 48.5 Å². The molecule has 0 radical (unpaired) electrons. The van der Waals surface area contributed by atoms with Gasteiger partial charge in [0.05, 0.1) is 30.9 Å². The summed E-state index contributed by atoms with van der Waals surface area (Å²) in [7, 11) is 1.61. The molecule has 27 heavy (non-hydrogen) atoms. The first kappa shape index (κ1) is 18.3. The molecule has 2 N–H and O–H groups in total. The molecule has 1 spiro atoms. The van der Waals surface area contributed by atoms with Crippen molar-refractivity contribution >= 4 is 0 Å². The number of rotatable bonds is 4. The molecule has 144 valence electrons. The number of aliphatic hydroxyl groups excluding tert-OH is 2. The zero-order valence-corrected chi connectivity index (χ0v) is 15.7. The van der Waals surface area contributed by atoms with Crippen LogP contribution >= 0.6 is 0 Å². The van der Waals surface area contributed by atoms with Gasteiger partial charge in [0, 0.05) is 0 Å². The van der Waals surface area contributed by atoms with E-state index in [1.165, 1.54) is 0 Å². The molecule has 2 aliphatic rings. The molecule has 0 unspecified atom stereocenters. The zero-order chi connectivity index (χ0) is 18.9. The van der Waals surface area contributed by atoms with E-state index in [0.717, 1.165) is 31.4 Å². The normalized spacial score (nSPS) is 26.3. The van der Waals surface area contributed by atoms with E-state index < -0.39 is 11.6 Å². The number of nitrogens with zero attached hydrogens (tertiary/aromatic N) is 1. The fourth-order valence-electron chi connectivity index (χ4n) is 4.70. The lowest BCUT2D eigenvalue weighted by atomic mass is 9.76. The highest BCUT2D eigenvalue weighted by Gasteiger charge is 2.52. The van der Waals surface area contributed by atoms with Gasteiger partial charge in [0.25, 0.3) is 0 Å². The molecule has 5 heteroatoms. The predicted molar refractivity (Wildman–Crippen MR) is 103 cm³/mol. The van der Waals surface area contributed by atoms with Gasteiger partial charge in [0.1, 0.15) is 24.2 Å². The van der Waals surface area contributed by atoms with Crippen molar-refractivity contribution < 1.29 is 19.7 Å². The summed E-state index contributed by atoms with van der Waals surface area (Å²) in [5.41, 5.74) is 1.19. The van der Waals surface area contributed by atoms with Crippen molar-refractivity contribution in [3.8, 4) is 11.5 Å². The number of likely N-dealkylation sites (tertiary alicyclic amines) is 1. The van der Waals surface area contributed by atoms with E-state index in [1.54, 1.807) is 7.11 Å². The Morgan fingerprint density at radius 3 is 2.74 bits per heavy atom. The van der Waals surface area contributed by atoms with Crippen LogP contribution in [0.3, 0.4) is 0 Å². The van der Waals surface area contributed by atoms with Crippen LogP contribution in [0.1, 0.15) is 42.5 Å². The number of aliphatic hydroxyl groups is 2. The first-order chi connectivity index (χ1) is 13.2. The van der Waals surface area contributed by atoms with E-state index in [-0.39, 0.29) is 12.6 Å². The van der Waals surface area contributed by atoms with E-state index in [0.29, 0.717) is 23.7 Å². The summed E-state index contributed by atoms with van der Waals surface area (Å²) < 4.78 is 11.6. The number of fused-ring (bicyclic) bond motifs is 1. The zero-order valence-electron chi connectivity index (χ0n) is 15.7. The van der Waals surface area contributed by atoms with E-state index in [2.05, 4.69) is 4.90 Å². The maximum absolute atomic E-state index is 11.5. The molecule has 1 saturated heterocycles. The standard InChI is InChI=1S/C22H27NO4/c1-26-18-10-7-11-19-20(18)21(25)22(15-27-19)12-5-6-13-23(22)17(14-24)16-8-3-2-4-9-16/h2-4,7-11,17,21,24-25H,5-6,12-15H2,1H3/t17-,21+,22+/m0/s1. The van der Waals surface area contributed by atoms with Gasteiger partial charge in [-0.25, -0.2) is 0 Å². The third-order valence-electron chi connectivity index (χ3n) is 6.07. The number of methoxy groups -OCH3 is 1. The minimum Gasteiger partial charge on any atom is -0.496 e. The van der Waals surface area contributed by atoms with Gasteiger partial charge < -0.3 is 19.7 Å². The molecule has 0 aliphatic carbocycles. The number of ether oxygens (including phenoxy) is 2. The monoisotopic (exact) mass is 369 g/mol. The number of hydrogen-bond donors (Lipinski definition) is 2. The van der Waals surface area contributed by atoms with Crippen LogP contribution in [-0.4, -0.2) is 47.5 Å². The van der Waals surface area contributed by atoms with Crippen LogP contribution in [0.15, 0.2) is 48.5 Å². The van der Waals surface area contributed by atoms with Gasteiger partial charge in [-0.3, -0.25) is 4.90 Å². The molecule has 0 aromatic heterocycles. The summed E-state index contributed by atoms with van der Waals surface area (Å²) >= 11 is 0. The lowest BCUT2D eigenvalue weighted by Gasteiger charge is -2.54. The van der Waals surface area contributed by atoms with Crippen LogP contribution in [-0.2, 0) is 0 Å². The lowest BCUT2D eigenvalue weighted by Crippen LogP contribution is -2.62. The molecule has 0 saturated carbocycles. The Labute approximate surface area is 160 Å². The molecule has 1 fully saturated rings. The Morgan fingerprint density at radius 2 is 2.00 bits per heavy atom. The van der Waals surface area contributed by atoms with Crippen molar-refractivity contribution in [1.29, 1.82) is 0 Å². The fourth-order valence-corrected chi connectivity index (χ4v) is 4.70. The second-order valence-corrected chi connectivity index (χ2v) is 7.43. The molecule has 5 nitrogen and oxygen atoms in total. The molecule has 2 heterocycles. The van der Waals surface area contributed by atoms with Crippen LogP contribution in [0.25, 0.3) is 0 Å². The van der Waals surface area contributed by atoms with E-state index >= 15 is 0 Å². The highest BCUT2D eigenvalue weighted by atomic mass is 16.5. The lowest BCUT2D eigenvalue weighted by molar-refractivity contribution is -0.121. The van der Waals surface area contributed by atoms with Crippen LogP contribution in [0.4, 0.5) is 0 Å². The minimum atomic E-state index is -0.740. The van der Waals surface area contributed by atoms with Gasteiger partial charge in [0.15, 0.2) is 0 Å². The van der Waals surface area contributed by atoms with Crippen molar-refractivity contribution in [3.05, 3.63) is 59.7 Å². The SMILES string of the molecule is COc1cccc2c1[C@@H](O)[C@@]1(CCCCN1[C@@H](CO)c1ccccc1)CO2.